The molecule has 2 aliphatic carbocycles. The first-order valence-corrected chi connectivity index (χ1v) is 14.3. The van der Waals surface area contributed by atoms with Gasteiger partial charge in [-0.05, 0) is 0 Å². The fraction of sp³-hybridized carbons (Fsp3) is 0.966. The van der Waals surface area contributed by atoms with Crippen LogP contribution >= 0.6 is 0 Å². The van der Waals surface area contributed by atoms with E-state index in [0.717, 1.165) is 5.92 Å². The third-order valence-corrected chi connectivity index (χ3v) is 9.19. The summed E-state index contributed by atoms with van der Waals surface area (Å²) in [6.07, 6.45) is 33.4. The van der Waals surface area contributed by atoms with Crippen molar-refractivity contribution in [2.45, 2.75) is 167 Å². The van der Waals surface area contributed by atoms with Crippen molar-refractivity contribution in [1.29, 1.82) is 0 Å². The molecule has 0 N–H and O–H groups in total. The number of hydrogen-bond donors (Lipinski definition) is 0. The summed E-state index contributed by atoms with van der Waals surface area (Å²) < 4.78 is 0. The molecular formula is C29H55B. The predicted molar refractivity (Wildman–Crippen MR) is 139 cm³/mol. The molecule has 0 bridgehead atoms. The van der Waals surface area contributed by atoms with Gasteiger partial charge >= 0.3 is 192 Å². The van der Waals surface area contributed by atoms with Gasteiger partial charge in [-0.2, -0.15) is 0 Å². The van der Waals surface area contributed by atoms with E-state index in [9.17, 15) is 0 Å². The van der Waals surface area contributed by atoms with Gasteiger partial charge < -0.3 is 0 Å². The third-order valence-electron chi connectivity index (χ3n) is 9.19. The standard InChI is InChI=1S/C29H55B/c1-27-21-15-11-14-17-23-28(2,24-20-16-22-27)29(30-3)25-18-12-9-7-5-4-6-8-10-13-19-26-29/h27H,3-26H2,1-2H3. The van der Waals surface area contributed by atoms with E-state index in [0.29, 0.717) is 10.7 Å². The van der Waals surface area contributed by atoms with Gasteiger partial charge in [0.2, 0.25) is 0 Å². The molecule has 2 aliphatic rings. The molecule has 30 heavy (non-hydrogen) atoms. The molecular weight excluding hydrogens is 359 g/mol. The zero-order valence-electron chi connectivity index (χ0n) is 21.1. The Balaban J connectivity index is 2.11. The second kappa shape index (κ2) is 14.9. The van der Waals surface area contributed by atoms with Crippen LogP contribution in [0.3, 0.4) is 0 Å². The molecule has 0 nitrogen and oxygen atoms in total. The topological polar surface area (TPSA) is 0 Å². The van der Waals surface area contributed by atoms with E-state index in [2.05, 4.69) is 27.2 Å². The van der Waals surface area contributed by atoms with E-state index in [1.807, 2.05) is 0 Å². The van der Waals surface area contributed by atoms with Crippen LogP contribution in [0, 0.1) is 11.3 Å². The van der Waals surface area contributed by atoms with E-state index in [-0.39, 0.29) is 0 Å². The van der Waals surface area contributed by atoms with Crippen molar-refractivity contribution in [3.05, 3.63) is 0 Å². The molecule has 1 heteroatoms. The monoisotopic (exact) mass is 414 g/mol. The summed E-state index contributed by atoms with van der Waals surface area (Å²) in [5, 5.41) is 0.382. The fourth-order valence-corrected chi connectivity index (χ4v) is 6.79. The molecule has 2 fully saturated rings. The molecule has 2 rings (SSSR count). The minimum absolute atomic E-state index is 0.382. The molecule has 0 aromatic heterocycles. The van der Waals surface area contributed by atoms with Crippen LogP contribution < -0.4 is 0 Å². The summed E-state index contributed by atoms with van der Waals surface area (Å²) in [6, 6.07) is 0. The quantitative estimate of drug-likeness (QED) is 0.394. The average Bonchev–Trinajstić information content (AvgIpc) is 2.74. The van der Waals surface area contributed by atoms with Crippen molar-refractivity contribution in [1.82, 2.24) is 0 Å². The van der Waals surface area contributed by atoms with Crippen LogP contribution in [-0.2, 0) is 0 Å². The zero-order valence-corrected chi connectivity index (χ0v) is 21.1. The molecule has 0 aromatic carbocycles. The van der Waals surface area contributed by atoms with Crippen LogP contribution in [0.5, 0.6) is 0 Å². The van der Waals surface area contributed by atoms with Crippen molar-refractivity contribution in [3.8, 4) is 0 Å². The molecule has 0 radical (unpaired) electrons. The van der Waals surface area contributed by atoms with Gasteiger partial charge in [-0.25, -0.2) is 0 Å². The van der Waals surface area contributed by atoms with E-state index >= 15 is 0 Å². The third kappa shape index (κ3) is 8.82. The van der Waals surface area contributed by atoms with Crippen LogP contribution in [0.4, 0.5) is 0 Å². The van der Waals surface area contributed by atoms with Gasteiger partial charge in [0.05, 0.1) is 0 Å². The van der Waals surface area contributed by atoms with Gasteiger partial charge in [0, 0.05) is 0 Å². The number of rotatable bonds is 2. The predicted octanol–water partition coefficient (Wildman–Crippen LogP) is 9.92. The summed E-state index contributed by atoms with van der Waals surface area (Å²) in [5.41, 5.74) is 0.467. The Morgan fingerprint density at radius 3 is 1.33 bits per heavy atom. The van der Waals surface area contributed by atoms with Gasteiger partial charge in [-0.15, -0.1) is 0 Å². The Morgan fingerprint density at radius 2 is 0.867 bits per heavy atom. The molecule has 0 amide bonds. The van der Waals surface area contributed by atoms with Crippen molar-refractivity contribution >= 4 is 13.4 Å². The van der Waals surface area contributed by atoms with Crippen LogP contribution in [0.1, 0.15) is 162 Å². The van der Waals surface area contributed by atoms with Crippen molar-refractivity contribution < 1.29 is 0 Å². The number of hydrogen-bond acceptors (Lipinski definition) is 0. The Kier molecular flexibility index (Phi) is 13.0. The Labute approximate surface area is 191 Å². The first-order chi connectivity index (χ1) is 14.6. The van der Waals surface area contributed by atoms with Crippen LogP contribution in [0.25, 0.3) is 0 Å². The molecule has 2 saturated carbocycles. The van der Waals surface area contributed by atoms with E-state index in [1.165, 1.54) is 148 Å². The van der Waals surface area contributed by atoms with E-state index < -0.39 is 0 Å². The normalized spacial score (nSPS) is 32.0. The minimum atomic E-state index is 0.382. The van der Waals surface area contributed by atoms with Crippen LogP contribution in [-0.4, -0.2) is 13.4 Å². The second-order valence-corrected chi connectivity index (χ2v) is 11.6. The second-order valence-electron chi connectivity index (χ2n) is 11.6. The first-order valence-electron chi connectivity index (χ1n) is 14.3. The fourth-order valence-electron chi connectivity index (χ4n) is 6.79. The molecule has 0 heterocycles. The van der Waals surface area contributed by atoms with Crippen molar-refractivity contribution in [2.24, 2.45) is 11.3 Å². The molecule has 0 spiro atoms. The van der Waals surface area contributed by atoms with Crippen molar-refractivity contribution in [2.75, 3.05) is 0 Å². The summed E-state index contributed by atoms with van der Waals surface area (Å²) in [6.45, 7) is 12.2. The SMILES string of the molecule is C=BC1(C2(C)CCCCCCC(C)CCCC2)CCCCCCCCCCCCC1. The molecule has 0 aromatic rings. The van der Waals surface area contributed by atoms with Crippen molar-refractivity contribution in [3.63, 3.8) is 0 Å². The molecule has 174 valence electrons. The van der Waals surface area contributed by atoms with Crippen LogP contribution in [0.2, 0.25) is 5.31 Å². The summed E-state index contributed by atoms with van der Waals surface area (Å²) in [4.78, 5) is 0. The summed E-state index contributed by atoms with van der Waals surface area (Å²) in [5.74, 6) is 0.943. The van der Waals surface area contributed by atoms with Crippen LogP contribution in [0.15, 0.2) is 0 Å². The average molecular weight is 415 g/mol. The molecule has 2 unspecified atom stereocenters. The molecule has 2 atom stereocenters. The molecule has 0 saturated heterocycles. The van der Waals surface area contributed by atoms with Gasteiger partial charge in [0.1, 0.15) is 0 Å². The van der Waals surface area contributed by atoms with E-state index in [4.69, 9.17) is 0 Å². The Hall–Kier alpha value is -0.0651. The van der Waals surface area contributed by atoms with E-state index in [1.54, 1.807) is 0 Å². The van der Waals surface area contributed by atoms with Gasteiger partial charge in [0.15, 0.2) is 0 Å². The summed E-state index contributed by atoms with van der Waals surface area (Å²) >= 11 is 0. The zero-order chi connectivity index (χ0) is 21.5. The van der Waals surface area contributed by atoms with Gasteiger partial charge in [0.25, 0.3) is 0 Å². The molecule has 0 aliphatic heterocycles. The maximum absolute atomic E-state index is 4.52. The maximum atomic E-state index is 4.52. The summed E-state index contributed by atoms with van der Waals surface area (Å²) in [7, 11) is 0. The Morgan fingerprint density at radius 1 is 0.533 bits per heavy atom. The Bertz CT molecular complexity index is 428. The first kappa shape index (κ1) is 26.2. The van der Waals surface area contributed by atoms with Gasteiger partial charge in [-0.1, -0.05) is 0 Å². The van der Waals surface area contributed by atoms with Gasteiger partial charge in [-0.3, -0.25) is 0 Å².